The molecule has 1 heterocycles. The molecule has 0 aromatic carbocycles. The normalized spacial score (nSPS) is 27.3. The minimum atomic E-state index is -0.920. The van der Waals surface area contributed by atoms with E-state index >= 15 is 0 Å². The van der Waals surface area contributed by atoms with Crippen molar-refractivity contribution in [1.29, 1.82) is 0 Å². The van der Waals surface area contributed by atoms with Crippen LogP contribution in [0.15, 0.2) is 0 Å². The Kier molecular flexibility index (Phi) is 6.20. The summed E-state index contributed by atoms with van der Waals surface area (Å²) in [5.74, 6) is -1.05. The van der Waals surface area contributed by atoms with Gasteiger partial charge in [-0.2, -0.15) is 0 Å². The zero-order valence-corrected chi connectivity index (χ0v) is 11.3. The third kappa shape index (κ3) is 5.54. The average Bonchev–Trinajstić information content (AvgIpc) is 2.29. The molecule has 0 saturated carbocycles. The number of rotatable bonds is 6. The molecule has 1 aliphatic heterocycles. The predicted molar refractivity (Wildman–Crippen MR) is 67.7 cm³/mol. The SMILES string of the molecule is CN(C)CC(=O)N[C@@H]1CC[C@@H](CC(=O)O)O[C@@H]1CO. The fraction of sp³-hybridized carbons (Fsp3) is 0.833. The molecule has 0 aromatic heterocycles. The second-order valence-electron chi connectivity index (χ2n) is 5.07. The summed E-state index contributed by atoms with van der Waals surface area (Å²) in [7, 11) is 3.59. The Morgan fingerprint density at radius 2 is 2.05 bits per heavy atom. The van der Waals surface area contributed by atoms with Gasteiger partial charge in [0.15, 0.2) is 0 Å². The molecule has 110 valence electrons. The number of aliphatic hydroxyl groups is 1. The van der Waals surface area contributed by atoms with E-state index in [1.165, 1.54) is 0 Å². The van der Waals surface area contributed by atoms with E-state index in [4.69, 9.17) is 9.84 Å². The number of carbonyl (C=O) groups excluding carboxylic acids is 1. The molecule has 1 fully saturated rings. The van der Waals surface area contributed by atoms with Crippen molar-refractivity contribution in [1.82, 2.24) is 10.2 Å². The van der Waals surface area contributed by atoms with Crippen LogP contribution in [-0.4, -0.2) is 72.5 Å². The van der Waals surface area contributed by atoms with Crippen molar-refractivity contribution in [2.75, 3.05) is 27.2 Å². The molecule has 0 aromatic rings. The number of aliphatic hydroxyl groups excluding tert-OH is 1. The Labute approximate surface area is 112 Å². The van der Waals surface area contributed by atoms with E-state index < -0.39 is 18.2 Å². The van der Waals surface area contributed by atoms with E-state index in [2.05, 4.69) is 5.32 Å². The first-order valence-electron chi connectivity index (χ1n) is 6.34. The molecule has 3 N–H and O–H groups in total. The van der Waals surface area contributed by atoms with Crippen molar-refractivity contribution >= 4 is 11.9 Å². The number of nitrogens with one attached hydrogen (secondary N) is 1. The Hall–Kier alpha value is -1.18. The van der Waals surface area contributed by atoms with Crippen LogP contribution >= 0.6 is 0 Å². The van der Waals surface area contributed by atoms with Crippen molar-refractivity contribution in [2.45, 2.75) is 37.5 Å². The molecule has 1 amide bonds. The first-order chi connectivity index (χ1) is 8.92. The van der Waals surface area contributed by atoms with Gasteiger partial charge in [-0.15, -0.1) is 0 Å². The van der Waals surface area contributed by atoms with Crippen LogP contribution in [0.3, 0.4) is 0 Å². The van der Waals surface area contributed by atoms with Crippen LogP contribution in [0.5, 0.6) is 0 Å². The zero-order chi connectivity index (χ0) is 14.4. The third-order valence-electron chi connectivity index (χ3n) is 3.00. The molecule has 0 bridgehead atoms. The van der Waals surface area contributed by atoms with Gasteiger partial charge >= 0.3 is 5.97 Å². The van der Waals surface area contributed by atoms with Crippen molar-refractivity contribution in [3.63, 3.8) is 0 Å². The molecule has 3 atom stereocenters. The van der Waals surface area contributed by atoms with E-state index in [9.17, 15) is 14.7 Å². The van der Waals surface area contributed by atoms with E-state index in [1.807, 2.05) is 0 Å². The molecule has 19 heavy (non-hydrogen) atoms. The van der Waals surface area contributed by atoms with Crippen molar-refractivity contribution in [3.8, 4) is 0 Å². The Morgan fingerprint density at radius 1 is 1.37 bits per heavy atom. The lowest BCUT2D eigenvalue weighted by Gasteiger charge is -2.35. The molecule has 0 spiro atoms. The van der Waals surface area contributed by atoms with Crippen molar-refractivity contribution in [2.24, 2.45) is 0 Å². The number of likely N-dealkylation sites (N-methyl/N-ethyl adjacent to an activating group) is 1. The smallest absolute Gasteiger partial charge is 0.305 e. The molecule has 1 saturated heterocycles. The monoisotopic (exact) mass is 274 g/mol. The van der Waals surface area contributed by atoms with Crippen molar-refractivity contribution in [3.05, 3.63) is 0 Å². The van der Waals surface area contributed by atoms with Gasteiger partial charge in [0.1, 0.15) is 6.10 Å². The maximum Gasteiger partial charge on any atom is 0.305 e. The maximum atomic E-state index is 11.7. The van der Waals surface area contributed by atoms with Gasteiger partial charge in [0, 0.05) is 0 Å². The fourth-order valence-electron chi connectivity index (χ4n) is 2.18. The number of carboxylic acid groups (broad SMARTS) is 1. The van der Waals surface area contributed by atoms with Gasteiger partial charge in [-0.25, -0.2) is 0 Å². The highest BCUT2D eigenvalue weighted by atomic mass is 16.5. The number of hydrogen-bond donors (Lipinski definition) is 3. The molecule has 7 nitrogen and oxygen atoms in total. The lowest BCUT2D eigenvalue weighted by molar-refractivity contribution is -0.147. The number of carbonyl (C=O) groups is 2. The number of nitrogens with zero attached hydrogens (tertiary/aromatic N) is 1. The predicted octanol–water partition coefficient (Wildman–Crippen LogP) is -0.953. The molecular formula is C12H22N2O5. The van der Waals surface area contributed by atoms with Crippen LogP contribution in [0.1, 0.15) is 19.3 Å². The third-order valence-corrected chi connectivity index (χ3v) is 3.00. The molecule has 7 heteroatoms. The van der Waals surface area contributed by atoms with E-state index in [0.29, 0.717) is 12.8 Å². The topological polar surface area (TPSA) is 99.1 Å². The highest BCUT2D eigenvalue weighted by molar-refractivity contribution is 5.78. The second-order valence-corrected chi connectivity index (χ2v) is 5.07. The Balaban J connectivity index is 2.47. The van der Waals surface area contributed by atoms with Crippen LogP contribution < -0.4 is 5.32 Å². The summed E-state index contributed by atoms with van der Waals surface area (Å²) in [6, 6.07) is -0.262. The number of amides is 1. The largest absolute Gasteiger partial charge is 0.481 e. The van der Waals surface area contributed by atoms with Crippen LogP contribution in [0.25, 0.3) is 0 Å². The lowest BCUT2D eigenvalue weighted by atomic mass is 9.97. The zero-order valence-electron chi connectivity index (χ0n) is 11.3. The first kappa shape index (κ1) is 15.9. The standard InChI is InChI=1S/C12H22N2O5/c1-14(2)6-11(16)13-9-4-3-8(5-12(17)18)19-10(9)7-15/h8-10,15H,3-7H2,1-2H3,(H,13,16)(H,17,18)/t8-,9+,10+/m0/s1. The van der Waals surface area contributed by atoms with Gasteiger partial charge in [-0.05, 0) is 26.9 Å². The maximum absolute atomic E-state index is 11.7. The summed E-state index contributed by atoms with van der Waals surface area (Å²) >= 11 is 0. The van der Waals surface area contributed by atoms with E-state index in [1.54, 1.807) is 19.0 Å². The van der Waals surface area contributed by atoms with Gasteiger partial charge < -0.3 is 25.2 Å². The molecule has 1 aliphatic rings. The minimum Gasteiger partial charge on any atom is -0.481 e. The molecule has 0 unspecified atom stereocenters. The summed E-state index contributed by atoms with van der Waals surface area (Å²) < 4.78 is 5.51. The fourth-order valence-corrected chi connectivity index (χ4v) is 2.18. The van der Waals surface area contributed by atoms with Gasteiger partial charge in [0.25, 0.3) is 0 Å². The summed E-state index contributed by atoms with van der Waals surface area (Å²) in [4.78, 5) is 24.0. The Bertz CT molecular complexity index is 321. The molecule has 1 rings (SSSR count). The van der Waals surface area contributed by atoms with E-state index in [-0.39, 0.29) is 31.5 Å². The van der Waals surface area contributed by atoms with Crippen LogP contribution in [-0.2, 0) is 14.3 Å². The van der Waals surface area contributed by atoms with Crippen LogP contribution in [0, 0.1) is 0 Å². The lowest BCUT2D eigenvalue weighted by Crippen LogP contribution is -2.52. The van der Waals surface area contributed by atoms with Crippen LogP contribution in [0.2, 0.25) is 0 Å². The van der Waals surface area contributed by atoms with Gasteiger partial charge in [-0.1, -0.05) is 0 Å². The number of aliphatic carboxylic acids is 1. The highest BCUT2D eigenvalue weighted by Crippen LogP contribution is 2.21. The summed E-state index contributed by atoms with van der Waals surface area (Å²) in [5.41, 5.74) is 0. The number of hydrogen-bond acceptors (Lipinski definition) is 5. The summed E-state index contributed by atoms with van der Waals surface area (Å²) in [6.45, 7) is 0.0379. The quantitative estimate of drug-likeness (QED) is 0.577. The molecular weight excluding hydrogens is 252 g/mol. The second kappa shape index (κ2) is 7.42. The first-order valence-corrected chi connectivity index (χ1v) is 6.34. The molecule has 0 aliphatic carbocycles. The molecule has 0 radical (unpaired) electrons. The number of carboxylic acids is 1. The van der Waals surface area contributed by atoms with Crippen LogP contribution in [0.4, 0.5) is 0 Å². The van der Waals surface area contributed by atoms with Gasteiger partial charge in [0.05, 0.1) is 31.7 Å². The van der Waals surface area contributed by atoms with Crippen molar-refractivity contribution < 1.29 is 24.5 Å². The van der Waals surface area contributed by atoms with Gasteiger partial charge in [-0.3, -0.25) is 9.59 Å². The highest BCUT2D eigenvalue weighted by Gasteiger charge is 2.32. The Morgan fingerprint density at radius 3 is 2.58 bits per heavy atom. The number of ether oxygens (including phenoxy) is 1. The average molecular weight is 274 g/mol. The van der Waals surface area contributed by atoms with Gasteiger partial charge in [0.2, 0.25) is 5.91 Å². The minimum absolute atomic E-state index is 0.0745. The summed E-state index contributed by atoms with van der Waals surface area (Å²) in [6.07, 6.45) is 0.174. The van der Waals surface area contributed by atoms with E-state index in [0.717, 1.165) is 0 Å². The summed E-state index contributed by atoms with van der Waals surface area (Å²) in [5, 5.41) is 20.8.